The minimum atomic E-state index is 0.931. The van der Waals surface area contributed by atoms with Crippen LogP contribution in [0.15, 0.2) is 0 Å². The molecule has 13 heavy (non-hydrogen) atoms. The molecule has 1 heteroatoms. The minimum absolute atomic E-state index is 0.931. The number of nitrogens with zero attached hydrogens (tertiary/aromatic N) is 1. The van der Waals surface area contributed by atoms with Gasteiger partial charge in [-0.2, -0.15) is 0 Å². The maximum atomic E-state index is 2.51. The van der Waals surface area contributed by atoms with Gasteiger partial charge in [0.25, 0.3) is 0 Å². The highest BCUT2D eigenvalue weighted by Crippen LogP contribution is 2.12. The van der Waals surface area contributed by atoms with Crippen LogP contribution in [0.25, 0.3) is 0 Å². The van der Waals surface area contributed by atoms with Crippen molar-refractivity contribution in [1.29, 1.82) is 0 Å². The fourth-order valence-corrected chi connectivity index (χ4v) is 1.84. The molecule has 1 unspecified atom stereocenters. The molecule has 0 spiro atoms. The Bertz CT molecular complexity index is 97.3. The van der Waals surface area contributed by atoms with Gasteiger partial charge in [0.05, 0.1) is 0 Å². The normalized spacial score (nSPS) is 13.6. The molecular weight excluding hydrogens is 158 g/mol. The van der Waals surface area contributed by atoms with Crippen LogP contribution in [0, 0.1) is 5.92 Å². The average Bonchev–Trinajstić information content (AvgIpc) is 2.13. The molecule has 0 aliphatic rings. The second-order valence-corrected chi connectivity index (χ2v) is 4.06. The zero-order chi connectivity index (χ0) is 10.1. The molecule has 0 N–H and O–H groups in total. The lowest BCUT2D eigenvalue weighted by Crippen LogP contribution is -2.24. The Kier molecular flexibility index (Phi) is 8.53. The van der Waals surface area contributed by atoms with Crippen LogP contribution in [0.2, 0.25) is 0 Å². The largest absolute Gasteiger partial charge is 0.304 e. The van der Waals surface area contributed by atoms with Gasteiger partial charge in [0.1, 0.15) is 0 Å². The van der Waals surface area contributed by atoms with Crippen LogP contribution < -0.4 is 0 Å². The van der Waals surface area contributed by atoms with Gasteiger partial charge < -0.3 is 4.90 Å². The summed E-state index contributed by atoms with van der Waals surface area (Å²) in [5.74, 6) is 0.931. The Morgan fingerprint density at radius 2 is 1.62 bits per heavy atom. The standard InChI is InChI=1S/C12H27N/c1-5-9-12(4)10-8-11-13(6-2)7-3/h12H,5-11H2,1-4H3. The Morgan fingerprint density at radius 3 is 2.08 bits per heavy atom. The Morgan fingerprint density at radius 1 is 1.00 bits per heavy atom. The highest BCUT2D eigenvalue weighted by Gasteiger charge is 2.02. The predicted octanol–water partition coefficient (Wildman–Crippen LogP) is 3.54. The summed E-state index contributed by atoms with van der Waals surface area (Å²) in [5, 5.41) is 0. The summed E-state index contributed by atoms with van der Waals surface area (Å²) in [6.07, 6.45) is 5.53. The van der Waals surface area contributed by atoms with E-state index in [0.717, 1.165) is 5.92 Å². The number of hydrogen-bond acceptors (Lipinski definition) is 1. The van der Waals surface area contributed by atoms with Crippen LogP contribution in [-0.2, 0) is 0 Å². The molecule has 1 nitrogen and oxygen atoms in total. The lowest BCUT2D eigenvalue weighted by Gasteiger charge is -2.18. The van der Waals surface area contributed by atoms with Crippen molar-refractivity contribution in [2.45, 2.75) is 53.4 Å². The third-order valence-electron chi connectivity index (χ3n) is 2.85. The van der Waals surface area contributed by atoms with Gasteiger partial charge in [-0.1, -0.05) is 40.5 Å². The monoisotopic (exact) mass is 185 g/mol. The van der Waals surface area contributed by atoms with Crippen molar-refractivity contribution in [3.63, 3.8) is 0 Å². The molecule has 80 valence electrons. The molecule has 0 saturated heterocycles. The lowest BCUT2D eigenvalue weighted by molar-refractivity contribution is 0.286. The van der Waals surface area contributed by atoms with Gasteiger partial charge in [-0.3, -0.25) is 0 Å². The van der Waals surface area contributed by atoms with E-state index >= 15 is 0 Å². The summed E-state index contributed by atoms with van der Waals surface area (Å²) in [4.78, 5) is 2.51. The topological polar surface area (TPSA) is 3.24 Å². The molecule has 0 aliphatic heterocycles. The van der Waals surface area contributed by atoms with E-state index in [1.54, 1.807) is 0 Å². The first kappa shape index (κ1) is 13.0. The zero-order valence-electron chi connectivity index (χ0n) is 9.97. The Labute approximate surface area is 84.5 Å². The summed E-state index contributed by atoms with van der Waals surface area (Å²) in [6.45, 7) is 12.9. The Balaban J connectivity index is 3.32. The van der Waals surface area contributed by atoms with Crippen molar-refractivity contribution < 1.29 is 0 Å². The molecule has 0 fully saturated rings. The molecule has 0 rings (SSSR count). The molecule has 0 bridgehead atoms. The molecule has 0 aliphatic carbocycles. The van der Waals surface area contributed by atoms with E-state index in [9.17, 15) is 0 Å². The van der Waals surface area contributed by atoms with Gasteiger partial charge in [-0.05, 0) is 38.4 Å². The van der Waals surface area contributed by atoms with Gasteiger partial charge >= 0.3 is 0 Å². The van der Waals surface area contributed by atoms with Crippen LogP contribution in [0.1, 0.15) is 53.4 Å². The van der Waals surface area contributed by atoms with E-state index in [-0.39, 0.29) is 0 Å². The molecular formula is C12H27N. The zero-order valence-corrected chi connectivity index (χ0v) is 9.97. The highest BCUT2D eigenvalue weighted by molar-refractivity contribution is 4.56. The maximum absolute atomic E-state index is 2.51. The van der Waals surface area contributed by atoms with Crippen LogP contribution in [0.3, 0.4) is 0 Å². The summed E-state index contributed by atoms with van der Waals surface area (Å²) >= 11 is 0. The molecule has 0 radical (unpaired) electrons. The van der Waals surface area contributed by atoms with Crippen LogP contribution >= 0.6 is 0 Å². The van der Waals surface area contributed by atoms with E-state index < -0.39 is 0 Å². The van der Waals surface area contributed by atoms with E-state index in [1.165, 1.54) is 45.3 Å². The number of rotatable bonds is 8. The molecule has 0 aromatic heterocycles. The maximum Gasteiger partial charge on any atom is -0.00189 e. The van der Waals surface area contributed by atoms with E-state index in [0.29, 0.717) is 0 Å². The first-order valence-electron chi connectivity index (χ1n) is 5.96. The van der Waals surface area contributed by atoms with Gasteiger partial charge in [0, 0.05) is 0 Å². The SMILES string of the molecule is CCCC(C)CCCN(CC)CC. The first-order valence-corrected chi connectivity index (χ1v) is 5.96. The van der Waals surface area contributed by atoms with Gasteiger partial charge in [-0.15, -0.1) is 0 Å². The second-order valence-electron chi connectivity index (χ2n) is 4.06. The smallest absolute Gasteiger partial charge is 0.00189 e. The van der Waals surface area contributed by atoms with Crippen molar-refractivity contribution in [2.24, 2.45) is 5.92 Å². The van der Waals surface area contributed by atoms with Crippen molar-refractivity contribution in [3.8, 4) is 0 Å². The predicted molar refractivity (Wildman–Crippen MR) is 61.1 cm³/mol. The summed E-state index contributed by atoms with van der Waals surface area (Å²) in [7, 11) is 0. The van der Waals surface area contributed by atoms with Crippen molar-refractivity contribution in [1.82, 2.24) is 4.90 Å². The quantitative estimate of drug-likeness (QED) is 0.559. The molecule has 0 saturated carbocycles. The summed E-state index contributed by atoms with van der Waals surface area (Å²) in [5.41, 5.74) is 0. The highest BCUT2D eigenvalue weighted by atomic mass is 15.1. The first-order chi connectivity index (χ1) is 6.24. The minimum Gasteiger partial charge on any atom is -0.304 e. The van der Waals surface area contributed by atoms with E-state index in [1.807, 2.05) is 0 Å². The second kappa shape index (κ2) is 8.55. The van der Waals surface area contributed by atoms with Gasteiger partial charge in [0.15, 0.2) is 0 Å². The van der Waals surface area contributed by atoms with Gasteiger partial charge in [0.2, 0.25) is 0 Å². The van der Waals surface area contributed by atoms with E-state index in [2.05, 4.69) is 32.6 Å². The van der Waals surface area contributed by atoms with Crippen LogP contribution in [-0.4, -0.2) is 24.5 Å². The molecule has 0 heterocycles. The third kappa shape index (κ3) is 7.06. The molecule has 0 amide bonds. The fourth-order valence-electron chi connectivity index (χ4n) is 1.84. The number of hydrogen-bond donors (Lipinski definition) is 0. The van der Waals surface area contributed by atoms with Crippen LogP contribution in [0.4, 0.5) is 0 Å². The molecule has 1 atom stereocenters. The Hall–Kier alpha value is -0.0400. The van der Waals surface area contributed by atoms with Crippen molar-refractivity contribution in [3.05, 3.63) is 0 Å². The average molecular weight is 185 g/mol. The third-order valence-corrected chi connectivity index (χ3v) is 2.85. The van der Waals surface area contributed by atoms with E-state index in [4.69, 9.17) is 0 Å². The summed E-state index contributed by atoms with van der Waals surface area (Å²) < 4.78 is 0. The molecule has 0 aromatic carbocycles. The lowest BCUT2D eigenvalue weighted by atomic mass is 10.0. The fraction of sp³-hybridized carbons (Fsp3) is 1.00. The summed E-state index contributed by atoms with van der Waals surface area (Å²) in [6, 6.07) is 0. The molecule has 0 aromatic rings. The van der Waals surface area contributed by atoms with Gasteiger partial charge in [-0.25, -0.2) is 0 Å². The van der Waals surface area contributed by atoms with Crippen molar-refractivity contribution in [2.75, 3.05) is 19.6 Å². The van der Waals surface area contributed by atoms with Crippen LogP contribution in [0.5, 0.6) is 0 Å². The van der Waals surface area contributed by atoms with Crippen molar-refractivity contribution >= 4 is 0 Å².